The van der Waals surface area contributed by atoms with E-state index in [1.54, 1.807) is 48.5 Å². The second-order valence-corrected chi connectivity index (χ2v) is 9.33. The molecule has 2 aromatic rings. The maximum atomic E-state index is 12.9. The van der Waals surface area contributed by atoms with Gasteiger partial charge in [0.2, 0.25) is 5.91 Å². The van der Waals surface area contributed by atoms with Crippen LogP contribution in [-0.4, -0.2) is 17.6 Å². The highest BCUT2D eigenvalue weighted by molar-refractivity contribution is 6.04. The first-order chi connectivity index (χ1) is 16.2. The van der Waals surface area contributed by atoms with Crippen LogP contribution in [0.1, 0.15) is 49.9 Å². The van der Waals surface area contributed by atoms with Gasteiger partial charge in [0, 0.05) is 23.2 Å². The van der Waals surface area contributed by atoms with Gasteiger partial charge >= 0.3 is 0 Å². The van der Waals surface area contributed by atoms with Crippen LogP contribution in [0.5, 0.6) is 11.5 Å². The lowest BCUT2D eigenvalue weighted by Crippen LogP contribution is -2.20. The number of fused-ring (bicyclic) bond motifs is 1. The van der Waals surface area contributed by atoms with Gasteiger partial charge in [-0.05, 0) is 98.0 Å². The molecule has 2 aliphatic rings. The van der Waals surface area contributed by atoms with Crippen LogP contribution < -0.4 is 15.8 Å². The van der Waals surface area contributed by atoms with Crippen LogP contribution >= 0.6 is 0 Å². The molecule has 0 spiro atoms. The van der Waals surface area contributed by atoms with Crippen molar-refractivity contribution in [3.63, 3.8) is 0 Å². The first kappa shape index (κ1) is 23.5. The monoisotopic (exact) mass is 458 g/mol. The topological polar surface area (TPSA) is 98.5 Å². The Labute approximate surface area is 199 Å². The van der Waals surface area contributed by atoms with Crippen LogP contribution in [0, 0.1) is 17.8 Å². The van der Waals surface area contributed by atoms with Gasteiger partial charge in [-0.15, -0.1) is 0 Å². The zero-order valence-electron chi connectivity index (χ0n) is 19.6. The molecule has 2 aromatic carbocycles. The van der Waals surface area contributed by atoms with Crippen molar-refractivity contribution >= 4 is 23.3 Å². The summed E-state index contributed by atoms with van der Waals surface area (Å²) in [5.41, 5.74) is 8.98. The Morgan fingerprint density at radius 1 is 1.00 bits per heavy atom. The molecule has 2 amide bonds. The summed E-state index contributed by atoms with van der Waals surface area (Å²) in [6.07, 6.45) is 3.23. The molecule has 2 unspecified atom stereocenters. The van der Waals surface area contributed by atoms with Gasteiger partial charge in [-0.1, -0.05) is 19.1 Å². The number of nitrogens with one attached hydrogen (secondary N) is 1. The highest BCUT2D eigenvalue weighted by atomic mass is 16.5. The van der Waals surface area contributed by atoms with E-state index in [0.717, 1.165) is 24.8 Å². The van der Waals surface area contributed by atoms with Crippen LogP contribution in [0.4, 0.5) is 5.69 Å². The molecule has 0 aromatic heterocycles. The first-order valence-corrected chi connectivity index (χ1v) is 11.6. The SMILES string of the molecule is C=C(C(=O)Nc1ccc(Oc2ccc(C(N)=O)cc2)cc1)[C@H]1CCC(C)C2CC(=O)C(C)=C2C1. The molecule has 2 aliphatic carbocycles. The third-order valence-corrected chi connectivity index (χ3v) is 7.15. The molecule has 6 heteroatoms. The number of carbonyl (C=O) groups excluding carboxylic acids is 3. The first-order valence-electron chi connectivity index (χ1n) is 11.6. The Morgan fingerprint density at radius 3 is 2.24 bits per heavy atom. The molecular formula is C28H30N2O4. The van der Waals surface area contributed by atoms with Crippen molar-refractivity contribution in [2.45, 2.75) is 39.5 Å². The molecular weight excluding hydrogens is 428 g/mol. The van der Waals surface area contributed by atoms with Crippen molar-refractivity contribution in [1.82, 2.24) is 0 Å². The fourth-order valence-electron chi connectivity index (χ4n) is 4.94. The fraction of sp³-hybridized carbons (Fsp3) is 0.321. The number of rotatable bonds is 6. The summed E-state index contributed by atoms with van der Waals surface area (Å²) in [7, 11) is 0. The van der Waals surface area contributed by atoms with Crippen LogP contribution in [0.2, 0.25) is 0 Å². The van der Waals surface area contributed by atoms with Gasteiger partial charge in [-0.2, -0.15) is 0 Å². The molecule has 1 saturated carbocycles. The average molecular weight is 459 g/mol. The Balaban J connectivity index is 1.38. The lowest BCUT2D eigenvalue weighted by molar-refractivity contribution is -0.115. The number of carbonyl (C=O) groups is 3. The molecule has 0 aliphatic heterocycles. The number of amides is 2. The summed E-state index contributed by atoms with van der Waals surface area (Å²) in [5.74, 6) is 1.52. The summed E-state index contributed by atoms with van der Waals surface area (Å²) in [6, 6.07) is 13.6. The predicted molar refractivity (Wildman–Crippen MR) is 132 cm³/mol. The molecule has 3 N–H and O–H groups in total. The van der Waals surface area contributed by atoms with E-state index < -0.39 is 5.91 Å². The minimum Gasteiger partial charge on any atom is -0.457 e. The van der Waals surface area contributed by atoms with Crippen LogP contribution in [0.15, 0.2) is 71.8 Å². The van der Waals surface area contributed by atoms with Crippen molar-refractivity contribution in [2.24, 2.45) is 23.5 Å². The number of benzene rings is 2. The maximum Gasteiger partial charge on any atom is 0.251 e. The highest BCUT2D eigenvalue weighted by Crippen LogP contribution is 2.45. The Morgan fingerprint density at radius 2 is 1.62 bits per heavy atom. The van der Waals surface area contributed by atoms with Crippen molar-refractivity contribution in [1.29, 1.82) is 0 Å². The van der Waals surface area contributed by atoms with E-state index in [9.17, 15) is 14.4 Å². The van der Waals surface area contributed by atoms with E-state index in [0.29, 0.717) is 46.6 Å². The summed E-state index contributed by atoms with van der Waals surface area (Å²) in [6.45, 7) is 8.24. The molecule has 6 nitrogen and oxygen atoms in total. The minimum atomic E-state index is -0.491. The molecule has 176 valence electrons. The molecule has 4 rings (SSSR count). The van der Waals surface area contributed by atoms with E-state index in [4.69, 9.17) is 10.5 Å². The van der Waals surface area contributed by atoms with Gasteiger partial charge in [0.15, 0.2) is 5.78 Å². The van der Waals surface area contributed by atoms with Gasteiger partial charge in [-0.25, -0.2) is 0 Å². The van der Waals surface area contributed by atoms with Crippen LogP contribution in [0.25, 0.3) is 0 Å². The second-order valence-electron chi connectivity index (χ2n) is 9.33. The number of Topliss-reactive ketones (excluding diaryl/α,β-unsaturated/α-hetero) is 1. The molecule has 34 heavy (non-hydrogen) atoms. The van der Waals surface area contributed by atoms with E-state index in [-0.39, 0.29) is 17.6 Å². The Bertz CT molecular complexity index is 1160. The number of hydrogen-bond acceptors (Lipinski definition) is 4. The molecule has 0 heterocycles. The van der Waals surface area contributed by atoms with Crippen molar-refractivity contribution in [3.8, 4) is 11.5 Å². The Hall–Kier alpha value is -3.67. The van der Waals surface area contributed by atoms with Crippen LogP contribution in [-0.2, 0) is 9.59 Å². The van der Waals surface area contributed by atoms with Crippen molar-refractivity contribution in [3.05, 3.63) is 77.4 Å². The zero-order valence-corrected chi connectivity index (χ0v) is 19.6. The van der Waals surface area contributed by atoms with Crippen molar-refractivity contribution < 1.29 is 19.1 Å². The highest BCUT2D eigenvalue weighted by Gasteiger charge is 2.38. The molecule has 3 atom stereocenters. The molecule has 1 fully saturated rings. The Kier molecular flexibility index (Phi) is 6.68. The van der Waals surface area contributed by atoms with E-state index in [2.05, 4.69) is 18.8 Å². The van der Waals surface area contributed by atoms with E-state index >= 15 is 0 Å². The third-order valence-electron chi connectivity index (χ3n) is 7.15. The van der Waals surface area contributed by atoms with Gasteiger partial charge in [0.1, 0.15) is 11.5 Å². The number of anilines is 1. The normalized spacial score (nSPS) is 22.1. The van der Waals surface area contributed by atoms with Gasteiger partial charge in [-0.3, -0.25) is 14.4 Å². The number of allylic oxidation sites excluding steroid dienone is 2. The largest absolute Gasteiger partial charge is 0.457 e. The lowest BCUT2D eigenvalue weighted by atomic mass is 9.86. The zero-order chi connectivity index (χ0) is 24.4. The predicted octanol–water partition coefficient (Wildman–Crippen LogP) is 5.41. The number of hydrogen-bond donors (Lipinski definition) is 2. The smallest absolute Gasteiger partial charge is 0.251 e. The summed E-state index contributed by atoms with van der Waals surface area (Å²) in [4.78, 5) is 36.4. The number of ketones is 1. The summed E-state index contributed by atoms with van der Waals surface area (Å²) in [5, 5.41) is 2.93. The molecule has 0 radical (unpaired) electrons. The third kappa shape index (κ3) is 4.96. The number of ether oxygens (including phenoxy) is 1. The molecule has 0 saturated heterocycles. The average Bonchev–Trinajstić information content (AvgIpc) is 3.00. The van der Waals surface area contributed by atoms with E-state index in [1.807, 2.05) is 6.92 Å². The van der Waals surface area contributed by atoms with E-state index in [1.165, 1.54) is 5.57 Å². The van der Waals surface area contributed by atoms with Gasteiger partial charge in [0.25, 0.3) is 5.91 Å². The lowest BCUT2D eigenvalue weighted by Gasteiger charge is -2.19. The summed E-state index contributed by atoms with van der Waals surface area (Å²) >= 11 is 0. The number of primary amides is 1. The van der Waals surface area contributed by atoms with Gasteiger partial charge in [0.05, 0.1) is 0 Å². The standard InChI is InChI=1S/C28H30N2O4/c1-16-4-5-20(14-25-18(3)26(31)15-24(16)25)17(2)28(33)30-21-8-12-23(13-9-21)34-22-10-6-19(7-11-22)27(29)32/h6-13,16,20,24H,2,4-5,14-15H2,1,3H3,(H2,29,32)(H,30,33)/t16?,20-,24?/m0/s1. The quantitative estimate of drug-likeness (QED) is 0.565. The molecule has 0 bridgehead atoms. The van der Waals surface area contributed by atoms with Gasteiger partial charge < -0.3 is 15.8 Å². The summed E-state index contributed by atoms with van der Waals surface area (Å²) < 4.78 is 5.78. The fourth-order valence-corrected chi connectivity index (χ4v) is 4.94. The second kappa shape index (κ2) is 9.67. The maximum absolute atomic E-state index is 12.9. The van der Waals surface area contributed by atoms with Crippen LogP contribution in [0.3, 0.4) is 0 Å². The van der Waals surface area contributed by atoms with Crippen molar-refractivity contribution in [2.75, 3.05) is 5.32 Å². The minimum absolute atomic E-state index is 0.0364. The number of nitrogens with two attached hydrogens (primary N) is 1.